The molecule has 0 atom stereocenters. The maximum atomic E-state index is 13.5. The molecule has 0 aliphatic heterocycles. The number of fused-ring (bicyclic) bond motifs is 1. The van der Waals surface area contributed by atoms with E-state index in [0.29, 0.717) is 16.9 Å². The van der Waals surface area contributed by atoms with Gasteiger partial charge in [0, 0.05) is 22.7 Å². The van der Waals surface area contributed by atoms with Crippen molar-refractivity contribution in [1.82, 2.24) is 15.0 Å². The first-order valence-electron chi connectivity index (χ1n) is 8.23. The van der Waals surface area contributed by atoms with Crippen LogP contribution in [-0.4, -0.2) is 15.0 Å². The fourth-order valence-electron chi connectivity index (χ4n) is 2.86. The molecular weight excluding hydrogens is 409 g/mol. The number of nitrogens with zero attached hydrogens (tertiary/aromatic N) is 4. The first-order valence-corrected chi connectivity index (χ1v) is 8.94. The molecule has 27 heavy (non-hydrogen) atoms. The molecule has 0 unspecified atom stereocenters. The number of anilines is 3. The van der Waals surface area contributed by atoms with E-state index in [1.165, 1.54) is 6.20 Å². The fourth-order valence-corrected chi connectivity index (χ4v) is 3.36. The van der Waals surface area contributed by atoms with E-state index in [0.717, 1.165) is 22.2 Å². The zero-order chi connectivity index (χ0) is 19.0. The summed E-state index contributed by atoms with van der Waals surface area (Å²) in [6.07, 6.45) is 1.52. The summed E-state index contributed by atoms with van der Waals surface area (Å²) in [4.78, 5) is 12.6. The Morgan fingerprint density at radius 3 is 2.52 bits per heavy atom. The lowest BCUT2D eigenvalue weighted by Gasteiger charge is -2.18. The topological polar surface area (TPSA) is 67.9 Å². The second-order valence-electron chi connectivity index (χ2n) is 6.09. The van der Waals surface area contributed by atoms with Crippen LogP contribution < -0.4 is 9.66 Å². The minimum atomic E-state index is -0.466. The van der Waals surface area contributed by atoms with Gasteiger partial charge in [0.15, 0.2) is 5.82 Å². The third kappa shape index (κ3) is 3.33. The number of benzene rings is 2. The highest BCUT2D eigenvalue weighted by molar-refractivity contribution is 9.10. The number of hydrogen-bond acceptors (Lipinski definition) is 5. The van der Waals surface area contributed by atoms with E-state index in [1.54, 1.807) is 16.9 Å². The van der Waals surface area contributed by atoms with Gasteiger partial charge >= 0.3 is 0 Å². The molecule has 0 aliphatic carbocycles. The summed E-state index contributed by atoms with van der Waals surface area (Å²) in [5.74, 6) is 0.342. The maximum absolute atomic E-state index is 13.5. The van der Waals surface area contributed by atoms with Crippen molar-refractivity contribution in [1.29, 1.82) is 0 Å². The summed E-state index contributed by atoms with van der Waals surface area (Å²) in [7, 11) is 0. The van der Waals surface area contributed by atoms with Gasteiger partial charge in [-0.15, -0.1) is 0 Å². The Bertz CT molecular complexity index is 1130. The largest absolute Gasteiger partial charge is 0.368 e. The van der Waals surface area contributed by atoms with Crippen LogP contribution in [0.4, 0.5) is 21.8 Å². The molecule has 0 spiro atoms. The van der Waals surface area contributed by atoms with Crippen LogP contribution in [0.25, 0.3) is 22.0 Å². The van der Waals surface area contributed by atoms with Gasteiger partial charge in [-0.05, 0) is 42.8 Å². The van der Waals surface area contributed by atoms with Gasteiger partial charge in [0.25, 0.3) is 0 Å². The van der Waals surface area contributed by atoms with Gasteiger partial charge in [0.1, 0.15) is 0 Å². The Morgan fingerprint density at radius 2 is 1.78 bits per heavy atom. The van der Waals surface area contributed by atoms with E-state index in [2.05, 4.69) is 31.1 Å². The van der Waals surface area contributed by atoms with Crippen molar-refractivity contribution in [2.75, 3.05) is 9.66 Å². The lowest BCUT2D eigenvalue weighted by atomic mass is 10.0. The van der Waals surface area contributed by atoms with Crippen LogP contribution in [0.2, 0.25) is 0 Å². The normalized spacial score (nSPS) is 10.9. The van der Waals surface area contributed by atoms with E-state index < -0.39 is 5.95 Å². The number of halogens is 2. The van der Waals surface area contributed by atoms with Gasteiger partial charge in [-0.2, -0.15) is 9.37 Å². The second kappa shape index (κ2) is 6.92. The standard InChI is InChI=1S/C20H15BrFN5/c1-12-9-14(11-24-18(12)22)13-7-8-17-16(10-13)19(26-20(23)25-17)27(21)15-5-3-2-4-6-15/h2-11H,1H3,(H2,23,25,26). The first-order chi connectivity index (χ1) is 13.0. The van der Waals surface area contributed by atoms with Gasteiger partial charge < -0.3 is 5.73 Å². The lowest BCUT2D eigenvalue weighted by molar-refractivity contribution is 0.575. The van der Waals surface area contributed by atoms with Gasteiger partial charge in [-0.25, -0.2) is 9.97 Å². The average Bonchev–Trinajstić information content (AvgIpc) is 2.69. The number of pyridine rings is 1. The average molecular weight is 424 g/mol. The molecule has 0 bridgehead atoms. The molecule has 0 radical (unpaired) electrons. The molecule has 2 N–H and O–H groups in total. The van der Waals surface area contributed by atoms with Gasteiger partial charge in [-0.1, -0.05) is 24.3 Å². The molecule has 2 heterocycles. The Hall–Kier alpha value is -3.06. The van der Waals surface area contributed by atoms with Crippen LogP contribution in [0, 0.1) is 12.9 Å². The van der Waals surface area contributed by atoms with E-state index in [1.807, 2.05) is 48.5 Å². The molecule has 0 saturated carbocycles. The van der Waals surface area contributed by atoms with Crippen LogP contribution in [0.1, 0.15) is 5.56 Å². The van der Waals surface area contributed by atoms with E-state index in [4.69, 9.17) is 5.73 Å². The number of nitrogen functional groups attached to an aromatic ring is 1. The number of para-hydroxylation sites is 1. The smallest absolute Gasteiger partial charge is 0.222 e. The van der Waals surface area contributed by atoms with Crippen molar-refractivity contribution in [3.63, 3.8) is 0 Å². The SMILES string of the molecule is Cc1cc(-c2ccc3nc(N)nc(N(Br)c4ccccc4)c3c2)cnc1F. The fraction of sp³-hybridized carbons (Fsp3) is 0.0500. The monoisotopic (exact) mass is 423 g/mol. The van der Waals surface area contributed by atoms with Crippen LogP contribution in [0.3, 0.4) is 0 Å². The molecule has 5 nitrogen and oxygen atoms in total. The van der Waals surface area contributed by atoms with E-state index >= 15 is 0 Å². The summed E-state index contributed by atoms with van der Waals surface area (Å²) in [6, 6.07) is 17.2. The summed E-state index contributed by atoms with van der Waals surface area (Å²) in [6.45, 7) is 1.69. The number of hydrogen-bond donors (Lipinski definition) is 1. The third-order valence-corrected chi connectivity index (χ3v) is 4.95. The van der Waals surface area contributed by atoms with Gasteiger partial charge in [-0.3, -0.25) is 3.93 Å². The minimum Gasteiger partial charge on any atom is -0.368 e. The zero-order valence-electron chi connectivity index (χ0n) is 14.4. The number of aryl methyl sites for hydroxylation is 1. The first kappa shape index (κ1) is 17.4. The molecule has 0 fully saturated rings. The summed E-state index contributed by atoms with van der Waals surface area (Å²) < 4.78 is 15.3. The summed E-state index contributed by atoms with van der Waals surface area (Å²) >= 11 is 3.58. The second-order valence-corrected chi connectivity index (χ2v) is 6.79. The van der Waals surface area contributed by atoms with Crippen LogP contribution >= 0.6 is 16.1 Å². The quantitative estimate of drug-likeness (QED) is 0.363. The Morgan fingerprint density at radius 1 is 1.00 bits per heavy atom. The summed E-state index contributed by atoms with van der Waals surface area (Å²) in [5, 5.41) is 0.810. The third-order valence-electron chi connectivity index (χ3n) is 4.21. The van der Waals surface area contributed by atoms with E-state index in [-0.39, 0.29) is 5.95 Å². The molecule has 4 aromatic rings. The van der Waals surface area contributed by atoms with Crippen LogP contribution in [0.5, 0.6) is 0 Å². The van der Waals surface area contributed by atoms with Crippen molar-refractivity contribution in [2.24, 2.45) is 0 Å². The number of rotatable bonds is 3. The highest BCUT2D eigenvalue weighted by Crippen LogP contribution is 2.35. The maximum Gasteiger partial charge on any atom is 0.222 e. The van der Waals surface area contributed by atoms with Crippen molar-refractivity contribution in [2.45, 2.75) is 6.92 Å². The minimum absolute atomic E-state index is 0.185. The van der Waals surface area contributed by atoms with Crippen molar-refractivity contribution < 1.29 is 4.39 Å². The van der Waals surface area contributed by atoms with Crippen LogP contribution in [-0.2, 0) is 0 Å². The molecule has 4 rings (SSSR count). The molecule has 7 heteroatoms. The van der Waals surface area contributed by atoms with E-state index in [9.17, 15) is 4.39 Å². The van der Waals surface area contributed by atoms with Gasteiger partial charge in [0.05, 0.1) is 27.4 Å². The molecule has 0 amide bonds. The molecule has 2 aromatic heterocycles. The predicted molar refractivity (Wildman–Crippen MR) is 109 cm³/mol. The Balaban J connectivity index is 1.89. The predicted octanol–water partition coefficient (Wildman–Crippen LogP) is 5.17. The van der Waals surface area contributed by atoms with Gasteiger partial charge in [0.2, 0.25) is 11.9 Å². The lowest BCUT2D eigenvalue weighted by Crippen LogP contribution is -2.07. The molecule has 0 aliphatic rings. The highest BCUT2D eigenvalue weighted by Gasteiger charge is 2.15. The molecule has 134 valence electrons. The van der Waals surface area contributed by atoms with Crippen molar-refractivity contribution in [3.05, 3.63) is 72.3 Å². The van der Waals surface area contributed by atoms with Crippen molar-refractivity contribution in [3.8, 4) is 11.1 Å². The van der Waals surface area contributed by atoms with Crippen LogP contribution in [0.15, 0.2) is 60.8 Å². The zero-order valence-corrected chi connectivity index (χ0v) is 16.0. The molecule has 2 aromatic carbocycles. The Kier molecular flexibility index (Phi) is 4.45. The Labute approximate surface area is 164 Å². The number of nitrogens with two attached hydrogens (primary N) is 1. The molecule has 0 saturated heterocycles. The summed E-state index contributed by atoms with van der Waals surface area (Å²) in [5.41, 5.74) is 9.73. The highest BCUT2D eigenvalue weighted by atomic mass is 79.9. The molecular formula is C20H15BrFN5. The number of aromatic nitrogens is 3. The van der Waals surface area contributed by atoms with Crippen molar-refractivity contribution >= 4 is 44.5 Å².